The van der Waals surface area contributed by atoms with Crippen molar-refractivity contribution in [3.8, 4) is 0 Å². The molecule has 4 rings (SSSR count). The summed E-state index contributed by atoms with van der Waals surface area (Å²) in [7, 11) is 1.56. The van der Waals surface area contributed by atoms with E-state index >= 15 is 0 Å². The SMILES string of the molecule is COCCOC(=O)C1=C(C)N=C2SC=C(CC(=O)N3CCN(C(C)=O)CC3)N2[C@H]1c1ccc(C)cc1. The van der Waals surface area contributed by atoms with Crippen molar-refractivity contribution in [2.24, 2.45) is 4.99 Å². The van der Waals surface area contributed by atoms with Crippen LogP contribution in [-0.4, -0.2) is 84.2 Å². The third-order valence-electron chi connectivity index (χ3n) is 6.54. The van der Waals surface area contributed by atoms with Crippen LogP contribution in [0.2, 0.25) is 0 Å². The van der Waals surface area contributed by atoms with Gasteiger partial charge in [-0.2, -0.15) is 0 Å². The van der Waals surface area contributed by atoms with Gasteiger partial charge in [0.1, 0.15) is 6.61 Å². The summed E-state index contributed by atoms with van der Waals surface area (Å²) in [6, 6.07) is 7.56. The summed E-state index contributed by atoms with van der Waals surface area (Å²) in [5.74, 6) is -0.426. The zero-order valence-corrected chi connectivity index (χ0v) is 22.0. The van der Waals surface area contributed by atoms with Crippen LogP contribution in [0.3, 0.4) is 0 Å². The van der Waals surface area contributed by atoms with E-state index in [-0.39, 0.29) is 24.8 Å². The Labute approximate surface area is 215 Å². The van der Waals surface area contributed by atoms with Crippen LogP contribution in [0, 0.1) is 6.92 Å². The molecule has 1 fully saturated rings. The number of aryl methyl sites for hydroxylation is 1. The van der Waals surface area contributed by atoms with Gasteiger partial charge in [-0.1, -0.05) is 41.6 Å². The van der Waals surface area contributed by atoms with E-state index in [9.17, 15) is 14.4 Å². The van der Waals surface area contributed by atoms with Crippen LogP contribution in [0.15, 0.2) is 51.6 Å². The molecule has 0 unspecified atom stereocenters. The predicted octanol–water partition coefficient (Wildman–Crippen LogP) is 2.84. The van der Waals surface area contributed by atoms with Crippen molar-refractivity contribution in [2.75, 3.05) is 46.5 Å². The number of hydrogen-bond acceptors (Lipinski definition) is 8. The number of allylic oxidation sites excluding steroid dienone is 1. The lowest BCUT2D eigenvalue weighted by molar-refractivity contribution is -0.141. The van der Waals surface area contributed by atoms with Gasteiger partial charge in [0.2, 0.25) is 11.8 Å². The Morgan fingerprint density at radius 1 is 1.03 bits per heavy atom. The maximum Gasteiger partial charge on any atom is 0.338 e. The summed E-state index contributed by atoms with van der Waals surface area (Å²) in [6.45, 7) is 7.93. The maximum absolute atomic E-state index is 13.2. The normalized spacial score (nSPS) is 19.7. The molecular formula is C26H32N4O5S. The second-order valence-electron chi connectivity index (χ2n) is 9.00. The molecule has 0 bridgehead atoms. The van der Waals surface area contributed by atoms with Gasteiger partial charge >= 0.3 is 5.97 Å². The minimum absolute atomic E-state index is 0.00976. The monoisotopic (exact) mass is 512 g/mol. The molecule has 3 heterocycles. The first kappa shape index (κ1) is 26.0. The molecular weight excluding hydrogens is 480 g/mol. The molecule has 1 aromatic carbocycles. The van der Waals surface area contributed by atoms with Crippen molar-refractivity contribution in [3.63, 3.8) is 0 Å². The minimum atomic E-state index is -0.461. The highest BCUT2D eigenvalue weighted by molar-refractivity contribution is 8.16. The summed E-state index contributed by atoms with van der Waals surface area (Å²) >= 11 is 1.45. The molecule has 1 atom stereocenters. The van der Waals surface area contributed by atoms with Crippen LogP contribution < -0.4 is 0 Å². The number of ether oxygens (including phenoxy) is 2. The number of thioether (sulfide) groups is 1. The predicted molar refractivity (Wildman–Crippen MR) is 138 cm³/mol. The Hall–Kier alpha value is -3.11. The number of nitrogens with zero attached hydrogens (tertiary/aromatic N) is 4. The van der Waals surface area contributed by atoms with Gasteiger partial charge in [-0.05, 0) is 24.8 Å². The smallest absolute Gasteiger partial charge is 0.338 e. The lowest BCUT2D eigenvalue weighted by Gasteiger charge is -2.37. The Kier molecular flexibility index (Phi) is 8.15. The third-order valence-corrected chi connectivity index (χ3v) is 7.43. The standard InChI is InChI=1S/C26H32N4O5S/c1-17-5-7-20(8-6-17)24-23(25(33)35-14-13-34-4)18(2)27-26-30(24)21(16-36-26)15-22(32)29-11-9-28(10-12-29)19(3)31/h5-8,16,24H,9-15H2,1-4H3/t24-/m0/s1. The molecule has 192 valence electrons. The lowest BCUT2D eigenvalue weighted by atomic mass is 9.93. The number of amides is 2. The summed E-state index contributed by atoms with van der Waals surface area (Å²) in [4.78, 5) is 48.3. The second-order valence-corrected chi connectivity index (χ2v) is 9.83. The highest BCUT2D eigenvalue weighted by Crippen LogP contribution is 2.45. The highest BCUT2D eigenvalue weighted by atomic mass is 32.2. The molecule has 1 saturated heterocycles. The van der Waals surface area contributed by atoms with Gasteiger partial charge in [-0.3, -0.25) is 9.59 Å². The fourth-order valence-electron chi connectivity index (χ4n) is 4.53. The number of rotatable bonds is 7. The summed E-state index contributed by atoms with van der Waals surface area (Å²) in [5.41, 5.74) is 3.87. The molecule has 9 nitrogen and oxygen atoms in total. The number of methoxy groups -OCH3 is 1. The van der Waals surface area contributed by atoms with E-state index in [0.717, 1.165) is 22.0 Å². The molecule has 10 heteroatoms. The molecule has 0 saturated carbocycles. The fourth-order valence-corrected chi connectivity index (χ4v) is 5.49. The van der Waals surface area contributed by atoms with Crippen LogP contribution in [0.4, 0.5) is 0 Å². The van der Waals surface area contributed by atoms with Gasteiger partial charge in [0.25, 0.3) is 0 Å². The van der Waals surface area contributed by atoms with Crippen molar-refractivity contribution in [1.82, 2.24) is 14.7 Å². The lowest BCUT2D eigenvalue weighted by Crippen LogP contribution is -2.50. The second kappa shape index (κ2) is 11.3. The molecule has 0 spiro atoms. The van der Waals surface area contributed by atoms with Crippen LogP contribution in [0.5, 0.6) is 0 Å². The van der Waals surface area contributed by atoms with Crippen LogP contribution in [0.1, 0.15) is 37.4 Å². The topological polar surface area (TPSA) is 91.7 Å². The Balaban J connectivity index is 1.59. The van der Waals surface area contributed by atoms with Crippen molar-refractivity contribution < 1.29 is 23.9 Å². The van der Waals surface area contributed by atoms with E-state index in [2.05, 4.69) is 0 Å². The number of fused-ring (bicyclic) bond motifs is 1. The van der Waals surface area contributed by atoms with Gasteiger partial charge in [-0.25, -0.2) is 9.79 Å². The molecule has 0 aliphatic carbocycles. The van der Waals surface area contributed by atoms with E-state index in [1.807, 2.05) is 48.4 Å². The number of aliphatic imine (C=N–C) groups is 1. The molecule has 36 heavy (non-hydrogen) atoms. The third kappa shape index (κ3) is 5.49. The Morgan fingerprint density at radius 2 is 1.69 bits per heavy atom. The van der Waals surface area contributed by atoms with Gasteiger partial charge in [0, 0.05) is 45.9 Å². The van der Waals surface area contributed by atoms with Gasteiger partial charge in [0.05, 0.1) is 30.3 Å². The van der Waals surface area contributed by atoms with Gasteiger partial charge in [-0.15, -0.1) is 0 Å². The van der Waals surface area contributed by atoms with E-state index in [0.29, 0.717) is 44.1 Å². The minimum Gasteiger partial charge on any atom is -0.460 e. The fraction of sp³-hybridized carbons (Fsp3) is 0.462. The molecule has 3 aliphatic heterocycles. The van der Waals surface area contributed by atoms with E-state index in [1.54, 1.807) is 23.8 Å². The number of piperazine rings is 1. The van der Waals surface area contributed by atoms with Crippen molar-refractivity contribution in [1.29, 1.82) is 0 Å². The number of amidine groups is 1. The molecule has 2 amide bonds. The van der Waals surface area contributed by atoms with Crippen molar-refractivity contribution in [3.05, 3.63) is 57.8 Å². The van der Waals surface area contributed by atoms with Gasteiger partial charge < -0.3 is 24.2 Å². The quantitative estimate of drug-likeness (QED) is 0.410. The van der Waals surface area contributed by atoms with Crippen molar-refractivity contribution in [2.45, 2.75) is 33.2 Å². The van der Waals surface area contributed by atoms with E-state index in [4.69, 9.17) is 14.5 Å². The highest BCUT2D eigenvalue weighted by Gasteiger charge is 2.41. The first-order chi connectivity index (χ1) is 17.3. The average molecular weight is 513 g/mol. The van der Waals surface area contributed by atoms with Crippen LogP contribution in [-0.2, 0) is 23.9 Å². The first-order valence-electron chi connectivity index (χ1n) is 12.0. The zero-order valence-electron chi connectivity index (χ0n) is 21.2. The number of hydrogen-bond donors (Lipinski definition) is 0. The number of carbonyl (C=O) groups excluding carboxylic acids is 3. The molecule has 0 N–H and O–H groups in total. The summed E-state index contributed by atoms with van der Waals surface area (Å²) < 4.78 is 10.5. The maximum atomic E-state index is 13.2. The first-order valence-corrected chi connectivity index (χ1v) is 12.9. The molecule has 3 aliphatic rings. The number of carbonyl (C=O) groups is 3. The average Bonchev–Trinajstić information content (AvgIpc) is 3.25. The molecule has 0 radical (unpaired) electrons. The Bertz CT molecular complexity index is 1120. The van der Waals surface area contributed by atoms with Gasteiger partial charge in [0.15, 0.2) is 5.17 Å². The van der Waals surface area contributed by atoms with Crippen LogP contribution in [0.25, 0.3) is 0 Å². The summed E-state index contributed by atoms with van der Waals surface area (Å²) in [6.07, 6.45) is 0.180. The van der Waals surface area contributed by atoms with E-state index < -0.39 is 12.0 Å². The Morgan fingerprint density at radius 3 is 2.33 bits per heavy atom. The van der Waals surface area contributed by atoms with E-state index in [1.165, 1.54) is 11.8 Å². The number of benzene rings is 1. The van der Waals surface area contributed by atoms with Crippen molar-refractivity contribution >= 4 is 34.7 Å². The number of esters is 1. The zero-order chi connectivity index (χ0) is 25.8. The molecule has 0 aromatic heterocycles. The summed E-state index contributed by atoms with van der Waals surface area (Å²) in [5, 5.41) is 2.67. The molecule has 1 aromatic rings. The largest absolute Gasteiger partial charge is 0.460 e. The van der Waals surface area contributed by atoms with Crippen LogP contribution >= 0.6 is 11.8 Å².